The van der Waals surface area contributed by atoms with E-state index in [-0.39, 0.29) is 28.2 Å². The van der Waals surface area contributed by atoms with Gasteiger partial charge in [-0.1, -0.05) is 57.2 Å². The van der Waals surface area contributed by atoms with Gasteiger partial charge in [-0.15, -0.1) is 11.8 Å². The first-order valence-electron chi connectivity index (χ1n) is 13.4. The van der Waals surface area contributed by atoms with Gasteiger partial charge in [0, 0.05) is 17.9 Å². The third kappa shape index (κ3) is 9.66. The van der Waals surface area contributed by atoms with Crippen LogP contribution in [0.15, 0.2) is 71.6 Å². The molecule has 0 aliphatic rings. The van der Waals surface area contributed by atoms with Gasteiger partial charge in [0.25, 0.3) is 5.91 Å². The number of sulfonamides is 1. The molecule has 3 aromatic rings. The first-order valence-corrected chi connectivity index (χ1v) is 16.1. The van der Waals surface area contributed by atoms with Crippen LogP contribution >= 0.6 is 11.8 Å². The number of rotatable bonds is 14. The molecule has 234 valence electrons. The van der Waals surface area contributed by atoms with Gasteiger partial charge in [-0.3, -0.25) is 14.4 Å². The molecule has 0 fully saturated rings. The van der Waals surface area contributed by atoms with Gasteiger partial charge < -0.3 is 20.6 Å². The minimum atomic E-state index is -4.13. The molecule has 0 saturated carbocycles. The van der Waals surface area contributed by atoms with Crippen molar-refractivity contribution in [3.63, 3.8) is 0 Å². The number of hydrogen-bond acceptors (Lipinski definition) is 8. The largest absolute Gasteiger partial charge is 0.507 e. The summed E-state index contributed by atoms with van der Waals surface area (Å²) in [7, 11) is -4.13. The summed E-state index contributed by atoms with van der Waals surface area (Å²) in [5.74, 6) is -3.83. The second-order valence-corrected chi connectivity index (χ2v) is 13.8. The molecule has 0 spiro atoms. The predicted molar refractivity (Wildman–Crippen MR) is 165 cm³/mol. The van der Waals surface area contributed by atoms with E-state index in [9.17, 15) is 37.8 Å². The number of phenols is 1. The third-order valence-corrected chi connectivity index (χ3v) is 9.02. The van der Waals surface area contributed by atoms with Gasteiger partial charge >= 0.3 is 11.9 Å². The molecule has 11 nitrogen and oxygen atoms in total. The number of aliphatic carboxylic acids is 1. The number of hydrogen-bond donors (Lipinski definition) is 5. The minimum absolute atomic E-state index is 0.00726. The lowest BCUT2D eigenvalue weighted by molar-refractivity contribution is -0.139. The number of ketones is 1. The molecule has 0 aliphatic heterocycles. The lowest BCUT2D eigenvalue weighted by Crippen LogP contribution is -2.43. The van der Waals surface area contributed by atoms with Crippen molar-refractivity contribution in [3.05, 3.63) is 94.5 Å². The van der Waals surface area contributed by atoms with Crippen molar-refractivity contribution in [2.75, 3.05) is 5.75 Å². The molecule has 3 aromatic carbocycles. The van der Waals surface area contributed by atoms with Crippen molar-refractivity contribution in [3.8, 4) is 5.75 Å². The lowest BCUT2D eigenvalue weighted by atomic mass is 9.87. The number of aromatic carboxylic acids is 1. The van der Waals surface area contributed by atoms with E-state index >= 15 is 0 Å². The zero-order chi connectivity index (χ0) is 32.7. The Morgan fingerprint density at radius 2 is 1.50 bits per heavy atom. The van der Waals surface area contributed by atoms with Crippen molar-refractivity contribution in [2.24, 2.45) is 0 Å². The standard InChI is InChI=1S/C31H34N2O9S2/c1-31(2,3)22-10-6-20(7-11-22)17-43-18-27(35)25(15-28(36)37)33-29(38)21-8-4-19(5-9-21)16-32-44(41,42)23-12-13-26(34)24(14-23)30(39)40/h4-14,25,32,34H,15-18H2,1-3H3,(H,33,38)(H,36,37)(H,39,40)/t25-/m0/s1. The highest BCUT2D eigenvalue weighted by molar-refractivity contribution is 7.99. The van der Waals surface area contributed by atoms with Crippen LogP contribution in [-0.2, 0) is 37.3 Å². The summed E-state index contributed by atoms with van der Waals surface area (Å²) in [5.41, 5.74) is 2.26. The average molecular weight is 643 g/mol. The average Bonchev–Trinajstić information content (AvgIpc) is 2.95. The lowest BCUT2D eigenvalue weighted by Gasteiger charge is -2.19. The van der Waals surface area contributed by atoms with Crippen LogP contribution in [0.25, 0.3) is 0 Å². The molecule has 0 unspecified atom stereocenters. The summed E-state index contributed by atoms with van der Waals surface area (Å²) >= 11 is 1.33. The number of Topliss-reactive ketones (excluding diaryl/α,β-unsaturated/α-hetero) is 1. The molecule has 3 rings (SSSR count). The first-order chi connectivity index (χ1) is 20.6. The molecular formula is C31H34N2O9S2. The maximum Gasteiger partial charge on any atom is 0.339 e. The maximum atomic E-state index is 12.8. The summed E-state index contributed by atoms with van der Waals surface area (Å²) in [6.07, 6.45) is -0.577. The number of carbonyl (C=O) groups excluding carboxylic acids is 2. The van der Waals surface area contributed by atoms with E-state index in [2.05, 4.69) is 30.8 Å². The fourth-order valence-electron chi connectivity index (χ4n) is 4.02. The minimum Gasteiger partial charge on any atom is -0.507 e. The Hall–Kier alpha value is -4.20. The number of amides is 1. The number of carbonyl (C=O) groups is 4. The molecule has 0 aromatic heterocycles. The van der Waals surface area contributed by atoms with Crippen LogP contribution in [0.2, 0.25) is 0 Å². The highest BCUT2D eigenvalue weighted by Gasteiger charge is 2.24. The number of carboxylic acid groups (broad SMARTS) is 2. The summed E-state index contributed by atoms with van der Waals surface area (Å²) in [5, 5.41) is 30.5. The molecule has 0 radical (unpaired) electrons. The van der Waals surface area contributed by atoms with Crippen molar-refractivity contribution < 1.29 is 42.9 Å². The Kier molecular flexibility index (Phi) is 11.3. The van der Waals surface area contributed by atoms with E-state index in [0.717, 1.165) is 23.8 Å². The van der Waals surface area contributed by atoms with Crippen LogP contribution in [0.4, 0.5) is 0 Å². The molecule has 0 saturated heterocycles. The van der Waals surface area contributed by atoms with Crippen LogP contribution in [0.3, 0.4) is 0 Å². The molecule has 5 N–H and O–H groups in total. The Morgan fingerprint density at radius 1 is 0.886 bits per heavy atom. The molecular weight excluding hydrogens is 608 g/mol. The Bertz CT molecular complexity index is 1630. The number of benzene rings is 3. The maximum absolute atomic E-state index is 12.8. The van der Waals surface area contributed by atoms with Crippen molar-refractivity contribution in [1.82, 2.24) is 10.0 Å². The highest BCUT2D eigenvalue weighted by Crippen LogP contribution is 2.24. The van der Waals surface area contributed by atoms with Crippen LogP contribution in [0, 0.1) is 0 Å². The second kappa shape index (κ2) is 14.5. The van der Waals surface area contributed by atoms with Crippen LogP contribution in [0.5, 0.6) is 5.75 Å². The smallest absolute Gasteiger partial charge is 0.339 e. The SMILES string of the molecule is CC(C)(C)c1ccc(CSCC(=O)[C@H](CC(=O)O)NC(=O)c2ccc(CNS(=O)(=O)c3ccc(O)c(C(=O)O)c3)cc2)cc1. The normalized spacial score (nSPS) is 12.3. The van der Waals surface area contributed by atoms with E-state index in [1.165, 1.54) is 41.6 Å². The molecule has 44 heavy (non-hydrogen) atoms. The quantitative estimate of drug-likeness (QED) is 0.172. The number of aromatic hydroxyl groups is 1. The highest BCUT2D eigenvalue weighted by atomic mass is 32.2. The number of carboxylic acids is 2. The summed E-state index contributed by atoms with van der Waals surface area (Å²) in [6, 6.07) is 15.5. The Morgan fingerprint density at radius 3 is 2.07 bits per heavy atom. The molecule has 0 bridgehead atoms. The summed E-state index contributed by atoms with van der Waals surface area (Å²) in [6.45, 7) is 6.16. The second-order valence-electron chi connectivity index (χ2n) is 11.0. The van der Waals surface area contributed by atoms with Gasteiger partial charge in [-0.05, 0) is 52.4 Å². The fraction of sp³-hybridized carbons (Fsp3) is 0.290. The predicted octanol–water partition coefficient (Wildman–Crippen LogP) is 3.94. The van der Waals surface area contributed by atoms with E-state index in [4.69, 9.17) is 5.11 Å². The van der Waals surface area contributed by atoms with Gasteiger partial charge in [0.15, 0.2) is 5.78 Å². The summed E-state index contributed by atoms with van der Waals surface area (Å²) in [4.78, 5) is 47.9. The zero-order valence-electron chi connectivity index (χ0n) is 24.4. The van der Waals surface area contributed by atoms with Crippen molar-refractivity contribution in [2.45, 2.75) is 55.8 Å². The van der Waals surface area contributed by atoms with Gasteiger partial charge in [-0.2, -0.15) is 0 Å². The Labute approximate surface area is 259 Å². The zero-order valence-corrected chi connectivity index (χ0v) is 26.0. The number of nitrogens with one attached hydrogen (secondary N) is 2. The Balaban J connectivity index is 1.58. The molecule has 0 heterocycles. The van der Waals surface area contributed by atoms with Crippen molar-refractivity contribution in [1.29, 1.82) is 0 Å². The van der Waals surface area contributed by atoms with Crippen LogP contribution in [-0.4, -0.2) is 59.2 Å². The monoisotopic (exact) mass is 642 g/mol. The summed E-state index contributed by atoms with van der Waals surface area (Å²) < 4.78 is 27.5. The van der Waals surface area contributed by atoms with Crippen LogP contribution in [0.1, 0.15) is 64.6 Å². The van der Waals surface area contributed by atoms with Gasteiger partial charge in [0.1, 0.15) is 11.3 Å². The fourth-order valence-corrected chi connectivity index (χ4v) is 6.00. The van der Waals surface area contributed by atoms with Crippen LogP contribution < -0.4 is 10.0 Å². The van der Waals surface area contributed by atoms with E-state index in [1.54, 1.807) is 0 Å². The topological polar surface area (TPSA) is 187 Å². The first kappa shape index (κ1) is 34.3. The van der Waals surface area contributed by atoms with Gasteiger partial charge in [0.2, 0.25) is 10.0 Å². The van der Waals surface area contributed by atoms with E-state index in [1.807, 2.05) is 24.3 Å². The van der Waals surface area contributed by atoms with Gasteiger partial charge in [0.05, 0.1) is 23.1 Å². The van der Waals surface area contributed by atoms with E-state index < -0.39 is 57.4 Å². The molecule has 1 atom stereocenters. The third-order valence-electron chi connectivity index (χ3n) is 6.60. The molecule has 1 amide bonds. The van der Waals surface area contributed by atoms with Gasteiger partial charge in [-0.25, -0.2) is 17.9 Å². The molecule has 13 heteroatoms. The van der Waals surface area contributed by atoms with Crippen molar-refractivity contribution >= 4 is 45.4 Å². The van der Waals surface area contributed by atoms with E-state index in [0.29, 0.717) is 11.3 Å². The molecule has 0 aliphatic carbocycles. The number of thioether (sulfide) groups is 1.